The van der Waals surface area contributed by atoms with Gasteiger partial charge in [-0.25, -0.2) is 13.1 Å². The number of hydrogen-bond donors (Lipinski definition) is 2. The molecule has 1 aromatic carbocycles. The fraction of sp³-hybridized carbons (Fsp3) is 0.667. The minimum atomic E-state index is -3.69. The van der Waals surface area contributed by atoms with Crippen molar-refractivity contribution in [1.82, 2.24) is 4.72 Å². The van der Waals surface area contributed by atoms with Crippen molar-refractivity contribution in [3.63, 3.8) is 0 Å². The molecule has 0 spiro atoms. The van der Waals surface area contributed by atoms with Crippen molar-refractivity contribution < 1.29 is 17.9 Å². The van der Waals surface area contributed by atoms with Gasteiger partial charge in [0.2, 0.25) is 15.9 Å². The number of anilines is 1. The third kappa shape index (κ3) is 3.54. The van der Waals surface area contributed by atoms with Crippen molar-refractivity contribution in [1.29, 1.82) is 0 Å². The van der Waals surface area contributed by atoms with E-state index in [4.69, 9.17) is 4.74 Å². The van der Waals surface area contributed by atoms with E-state index in [2.05, 4.69) is 10.0 Å². The molecule has 4 bridgehead atoms. The van der Waals surface area contributed by atoms with Crippen LogP contribution in [-0.4, -0.2) is 27.5 Å². The highest BCUT2D eigenvalue weighted by molar-refractivity contribution is 7.89. The number of carbonyl (C=O) groups excluding carboxylic acids is 1. The van der Waals surface area contributed by atoms with Crippen molar-refractivity contribution >= 4 is 21.6 Å². The lowest BCUT2D eigenvalue weighted by Crippen LogP contribution is -2.55. The van der Waals surface area contributed by atoms with Crippen LogP contribution in [0, 0.1) is 23.2 Å². The summed E-state index contributed by atoms with van der Waals surface area (Å²) in [5.41, 5.74) is 0.453. The van der Waals surface area contributed by atoms with Gasteiger partial charge in [0.15, 0.2) is 0 Å². The minimum absolute atomic E-state index is 0.0920. The molecule has 1 aromatic rings. The number of methoxy groups -OCH3 is 1. The highest BCUT2D eigenvalue weighted by Crippen LogP contribution is 2.61. The molecule has 0 radical (unpaired) electrons. The fourth-order valence-corrected chi connectivity index (χ4v) is 7.65. The lowest BCUT2D eigenvalue weighted by Gasteiger charge is -2.59. The van der Waals surface area contributed by atoms with Gasteiger partial charge in [-0.15, -0.1) is 0 Å². The Morgan fingerprint density at radius 2 is 1.71 bits per heavy atom. The smallest absolute Gasteiger partial charge is 0.240 e. The van der Waals surface area contributed by atoms with Crippen molar-refractivity contribution in [3.05, 3.63) is 18.2 Å². The van der Waals surface area contributed by atoms with Gasteiger partial charge in [-0.3, -0.25) is 4.79 Å². The van der Waals surface area contributed by atoms with E-state index in [1.165, 1.54) is 45.4 Å². The highest BCUT2D eigenvalue weighted by Gasteiger charge is 2.53. The van der Waals surface area contributed by atoms with Gasteiger partial charge >= 0.3 is 0 Å². The first kappa shape index (κ1) is 19.7. The Kier molecular flexibility index (Phi) is 4.94. The number of carbonyl (C=O) groups is 1. The van der Waals surface area contributed by atoms with Crippen LogP contribution in [0.5, 0.6) is 5.75 Å². The minimum Gasteiger partial charge on any atom is -0.495 e. The number of amides is 1. The van der Waals surface area contributed by atoms with E-state index in [-0.39, 0.29) is 22.3 Å². The summed E-state index contributed by atoms with van der Waals surface area (Å²) < 4.78 is 34.4. The first-order valence-corrected chi connectivity index (χ1v) is 11.7. The Balaban J connectivity index is 1.56. The molecule has 28 heavy (non-hydrogen) atoms. The summed E-state index contributed by atoms with van der Waals surface area (Å²) >= 11 is 0. The Morgan fingerprint density at radius 3 is 2.21 bits per heavy atom. The molecule has 4 aliphatic carbocycles. The van der Waals surface area contributed by atoms with Gasteiger partial charge in [0.05, 0.1) is 17.7 Å². The summed E-state index contributed by atoms with van der Waals surface area (Å²) in [6.07, 6.45) is 7.42. The molecule has 2 N–H and O–H groups in total. The predicted octanol–water partition coefficient (Wildman–Crippen LogP) is 3.54. The van der Waals surface area contributed by atoms with Gasteiger partial charge in [0.25, 0.3) is 0 Å². The number of benzene rings is 1. The molecule has 0 saturated heterocycles. The summed E-state index contributed by atoms with van der Waals surface area (Å²) in [5, 5.41) is 2.64. The lowest BCUT2D eigenvalue weighted by molar-refractivity contribution is -0.114. The van der Waals surface area contributed by atoms with E-state index in [9.17, 15) is 13.2 Å². The van der Waals surface area contributed by atoms with E-state index in [1.807, 2.05) is 6.92 Å². The molecule has 1 atom stereocenters. The summed E-state index contributed by atoms with van der Waals surface area (Å²) in [5.74, 6) is 2.47. The van der Waals surface area contributed by atoms with Crippen molar-refractivity contribution in [3.8, 4) is 5.75 Å². The van der Waals surface area contributed by atoms with E-state index < -0.39 is 10.0 Å². The number of rotatable bonds is 6. The zero-order valence-electron chi connectivity index (χ0n) is 16.8. The monoisotopic (exact) mass is 406 g/mol. The fourth-order valence-electron chi connectivity index (χ4n) is 6.28. The largest absolute Gasteiger partial charge is 0.495 e. The van der Waals surface area contributed by atoms with Crippen molar-refractivity contribution in [2.24, 2.45) is 23.2 Å². The molecule has 4 saturated carbocycles. The Hall–Kier alpha value is -1.60. The molecule has 0 unspecified atom stereocenters. The molecule has 0 heterocycles. The summed E-state index contributed by atoms with van der Waals surface area (Å²) in [6, 6.07) is 4.47. The van der Waals surface area contributed by atoms with Crippen LogP contribution in [-0.2, 0) is 14.8 Å². The van der Waals surface area contributed by atoms with Crippen LogP contribution >= 0.6 is 0 Å². The lowest BCUT2D eigenvalue weighted by atomic mass is 9.48. The van der Waals surface area contributed by atoms with Gasteiger partial charge in [-0.05, 0) is 86.8 Å². The van der Waals surface area contributed by atoms with E-state index in [1.54, 1.807) is 6.07 Å². The summed E-state index contributed by atoms with van der Waals surface area (Å²) in [7, 11) is -2.20. The third-order valence-corrected chi connectivity index (χ3v) is 8.67. The first-order chi connectivity index (χ1) is 13.2. The zero-order valence-corrected chi connectivity index (χ0v) is 17.6. The van der Waals surface area contributed by atoms with E-state index >= 15 is 0 Å². The standard InChI is InChI=1S/C21H30N2O4S/c1-13(21-10-15-6-16(11-21)8-17(7-15)12-21)23-28(25,26)18-4-5-20(27-3)19(9-18)22-14(2)24/h4-5,9,13,15-17,23H,6-8,10-12H2,1-3H3,(H,22,24)/t13-,15?,16?,17?,21?/m0/s1. The Morgan fingerprint density at radius 1 is 1.14 bits per heavy atom. The maximum atomic E-state index is 13.1. The number of ether oxygens (including phenoxy) is 1. The van der Waals surface area contributed by atoms with Gasteiger partial charge < -0.3 is 10.1 Å². The second kappa shape index (κ2) is 7.02. The van der Waals surface area contributed by atoms with Crippen LogP contribution in [0.3, 0.4) is 0 Å². The molecule has 4 aliphatic rings. The number of nitrogens with one attached hydrogen (secondary N) is 2. The van der Waals surface area contributed by atoms with Gasteiger partial charge in [-0.2, -0.15) is 0 Å². The first-order valence-electron chi connectivity index (χ1n) is 10.2. The molecular weight excluding hydrogens is 376 g/mol. The zero-order chi connectivity index (χ0) is 20.1. The summed E-state index contributed by atoms with van der Waals surface area (Å²) in [4.78, 5) is 11.6. The SMILES string of the molecule is COc1ccc(S(=O)(=O)N[C@@H](C)C23CC4CC(CC(C4)C2)C3)cc1NC(C)=O. The number of sulfonamides is 1. The third-order valence-electron chi connectivity index (χ3n) is 7.13. The van der Waals surface area contributed by atoms with E-state index in [0.29, 0.717) is 11.4 Å². The maximum absolute atomic E-state index is 13.1. The highest BCUT2D eigenvalue weighted by atomic mass is 32.2. The molecular formula is C21H30N2O4S. The average molecular weight is 407 g/mol. The Labute approximate surface area is 167 Å². The molecule has 0 aliphatic heterocycles. The van der Waals surface area contributed by atoms with Crippen LogP contribution in [0.15, 0.2) is 23.1 Å². The van der Waals surface area contributed by atoms with Crippen LogP contribution in [0.4, 0.5) is 5.69 Å². The molecule has 4 fully saturated rings. The van der Waals surface area contributed by atoms with Crippen molar-refractivity contribution in [2.45, 2.75) is 63.3 Å². The topological polar surface area (TPSA) is 84.5 Å². The van der Waals surface area contributed by atoms with Crippen LogP contribution in [0.1, 0.15) is 52.4 Å². The second-order valence-electron chi connectivity index (χ2n) is 9.17. The second-order valence-corrected chi connectivity index (χ2v) is 10.9. The quantitative estimate of drug-likeness (QED) is 0.757. The number of hydrogen-bond acceptors (Lipinski definition) is 4. The van der Waals surface area contributed by atoms with Gasteiger partial charge in [-0.1, -0.05) is 0 Å². The van der Waals surface area contributed by atoms with Crippen LogP contribution < -0.4 is 14.8 Å². The molecule has 7 heteroatoms. The average Bonchev–Trinajstić information content (AvgIpc) is 2.59. The predicted molar refractivity (Wildman–Crippen MR) is 108 cm³/mol. The molecule has 5 rings (SSSR count). The summed E-state index contributed by atoms with van der Waals surface area (Å²) in [6.45, 7) is 3.41. The van der Waals surface area contributed by atoms with E-state index in [0.717, 1.165) is 37.0 Å². The van der Waals surface area contributed by atoms with Crippen molar-refractivity contribution in [2.75, 3.05) is 12.4 Å². The maximum Gasteiger partial charge on any atom is 0.240 e. The molecule has 6 nitrogen and oxygen atoms in total. The Bertz CT molecular complexity index is 845. The normalized spacial score (nSPS) is 32.2. The van der Waals surface area contributed by atoms with Crippen LogP contribution in [0.2, 0.25) is 0 Å². The van der Waals surface area contributed by atoms with Crippen LogP contribution in [0.25, 0.3) is 0 Å². The van der Waals surface area contributed by atoms with Gasteiger partial charge in [0, 0.05) is 13.0 Å². The van der Waals surface area contributed by atoms with Gasteiger partial charge in [0.1, 0.15) is 5.75 Å². The molecule has 1 amide bonds. The molecule has 154 valence electrons. The molecule has 0 aromatic heterocycles.